The van der Waals surface area contributed by atoms with Crippen molar-refractivity contribution < 1.29 is 50.1 Å². The van der Waals surface area contributed by atoms with E-state index >= 15 is 0 Å². The summed E-state index contributed by atoms with van der Waals surface area (Å²) < 4.78 is 98.8. The Morgan fingerprint density at radius 3 is 1.57 bits per heavy atom. The molecule has 0 saturated carbocycles. The predicted octanol–water partition coefficient (Wildman–Crippen LogP) is 6.54. The smallest absolute Gasteiger partial charge is 0.417 e. The molecule has 0 aliphatic heterocycles. The summed E-state index contributed by atoms with van der Waals surface area (Å²) in [6.07, 6.45) is -10.6. The lowest BCUT2D eigenvalue weighted by Gasteiger charge is -2.23. The number of hydrogen-bond acceptors (Lipinski definition) is 5. The van der Waals surface area contributed by atoms with Crippen molar-refractivity contribution in [2.24, 2.45) is 0 Å². The van der Waals surface area contributed by atoms with E-state index in [0.29, 0.717) is 18.2 Å². The minimum absolute atomic E-state index is 0.0359. The fourth-order valence-corrected chi connectivity index (χ4v) is 5.69. The van der Waals surface area contributed by atoms with E-state index in [4.69, 9.17) is 14.2 Å². The van der Waals surface area contributed by atoms with E-state index in [1.807, 2.05) is 0 Å². The third-order valence-corrected chi connectivity index (χ3v) is 7.32. The van der Waals surface area contributed by atoms with Crippen LogP contribution in [-0.4, -0.2) is 32.4 Å². The van der Waals surface area contributed by atoms with Crippen molar-refractivity contribution in [1.29, 1.82) is 0 Å². The maximum Gasteiger partial charge on any atom is 0.417 e. The van der Waals surface area contributed by atoms with E-state index < -0.39 is 48.0 Å². The molecular weight excluding hydrogens is 525 g/mol. The number of methoxy groups -OCH3 is 3. The Kier molecular flexibility index (Phi) is 8.17. The van der Waals surface area contributed by atoms with Crippen LogP contribution in [-0.2, 0) is 12.4 Å². The Balaban J connectivity index is 2.38. The van der Waals surface area contributed by atoms with Gasteiger partial charge in [-0.25, -0.2) is 0 Å². The topological polar surface area (TPSA) is 61.8 Å². The third-order valence-electron chi connectivity index (χ3n) is 5.25. The molecule has 3 aromatic rings. The molecule has 12 heteroatoms. The maximum atomic E-state index is 13.9. The number of halogens is 6. The second-order valence-electron chi connectivity index (χ2n) is 7.38. The highest BCUT2D eigenvalue weighted by Gasteiger charge is 2.46. The molecule has 0 amide bonds. The number of carbonyl (C=O) groups excluding carboxylic acids is 2. The van der Waals surface area contributed by atoms with Crippen LogP contribution in [0.5, 0.6) is 17.2 Å². The van der Waals surface area contributed by atoms with Gasteiger partial charge in [-0.1, -0.05) is 36.4 Å². The highest BCUT2D eigenvalue weighted by molar-refractivity contribution is 7.96. The molecule has 0 spiro atoms. The van der Waals surface area contributed by atoms with Gasteiger partial charge in [-0.3, -0.25) is 9.59 Å². The molecule has 3 aromatic carbocycles. The van der Waals surface area contributed by atoms with Crippen LogP contribution in [0.25, 0.3) is 0 Å². The Morgan fingerprint density at radius 1 is 0.622 bits per heavy atom. The van der Waals surface area contributed by atoms with E-state index in [1.54, 1.807) is 0 Å². The van der Waals surface area contributed by atoms with Gasteiger partial charge in [0.25, 0.3) is 0 Å². The molecular formula is C25H19F6O5P. The van der Waals surface area contributed by atoms with Gasteiger partial charge in [-0.05, 0) is 29.6 Å². The molecule has 0 radical (unpaired) electrons. The van der Waals surface area contributed by atoms with Crippen molar-refractivity contribution in [3.8, 4) is 17.2 Å². The van der Waals surface area contributed by atoms with Crippen LogP contribution in [0.4, 0.5) is 26.3 Å². The van der Waals surface area contributed by atoms with Crippen molar-refractivity contribution in [3.05, 3.63) is 82.9 Å². The lowest BCUT2D eigenvalue weighted by Crippen LogP contribution is -2.24. The summed E-state index contributed by atoms with van der Waals surface area (Å²) in [6.45, 7) is 0. The summed E-state index contributed by atoms with van der Waals surface area (Å²) in [4.78, 5) is 27.7. The van der Waals surface area contributed by atoms with Crippen molar-refractivity contribution in [3.63, 3.8) is 0 Å². The summed E-state index contributed by atoms with van der Waals surface area (Å²) in [5.41, 5.74) is -8.29. The monoisotopic (exact) mass is 544 g/mol. The highest BCUT2D eigenvalue weighted by Crippen LogP contribution is 2.51. The largest absolute Gasteiger partial charge is 0.496 e. The average molecular weight is 544 g/mol. The number of carbonyl (C=O) groups is 2. The fraction of sp³-hybridized carbons (Fsp3) is 0.200. The van der Waals surface area contributed by atoms with E-state index in [1.165, 1.54) is 63.8 Å². The number of ether oxygens (including phenoxy) is 3. The second kappa shape index (κ2) is 10.8. The first-order valence-electron chi connectivity index (χ1n) is 10.4. The van der Waals surface area contributed by atoms with E-state index in [9.17, 15) is 35.9 Å². The van der Waals surface area contributed by atoms with Gasteiger partial charge in [0.05, 0.1) is 40.4 Å². The van der Waals surface area contributed by atoms with Crippen LogP contribution in [0.15, 0.2) is 60.7 Å². The van der Waals surface area contributed by atoms with Gasteiger partial charge in [-0.15, -0.1) is 0 Å². The average Bonchev–Trinajstić information content (AvgIpc) is 2.86. The Hall–Kier alpha value is -3.59. The molecule has 0 aliphatic rings. The lowest BCUT2D eigenvalue weighted by molar-refractivity contribution is -0.143. The molecule has 0 aliphatic carbocycles. The van der Waals surface area contributed by atoms with Gasteiger partial charge < -0.3 is 14.2 Å². The summed E-state index contributed by atoms with van der Waals surface area (Å²) in [5, 5.41) is -0.0653. The molecule has 0 aromatic heterocycles. The lowest BCUT2D eigenvalue weighted by atomic mass is 10.0. The SMILES string of the molecule is COc1ccc(OC)c(C(=O)P(C(=O)c2c(C(F)(F)F)cccc2C(F)(F)F)c2ccccc2)c1OC. The van der Waals surface area contributed by atoms with Crippen molar-refractivity contribution in [1.82, 2.24) is 0 Å². The standard InChI is InChI=1S/C25H19F6O5P/c1-34-17-12-13-18(35-2)21(36-3)20(17)23(33)37(14-8-5-4-6-9-14)22(32)19-15(24(26,27)28)10-7-11-16(19)25(29,30)31/h4-13H,1-3H3. The second-order valence-corrected chi connectivity index (χ2v) is 9.38. The van der Waals surface area contributed by atoms with Crippen LogP contribution < -0.4 is 19.5 Å². The number of hydrogen-bond donors (Lipinski definition) is 0. The van der Waals surface area contributed by atoms with Crippen LogP contribution >= 0.6 is 7.92 Å². The molecule has 0 saturated heterocycles. The van der Waals surface area contributed by atoms with Crippen LogP contribution in [0.1, 0.15) is 31.8 Å². The quantitative estimate of drug-likeness (QED) is 0.238. The summed E-state index contributed by atoms with van der Waals surface area (Å²) in [7, 11) is 0.632. The fourth-order valence-electron chi connectivity index (χ4n) is 3.66. The normalized spacial score (nSPS) is 12.6. The van der Waals surface area contributed by atoms with Gasteiger partial charge in [0.15, 0.2) is 17.0 Å². The van der Waals surface area contributed by atoms with Crippen molar-refractivity contribution in [2.45, 2.75) is 12.4 Å². The first-order valence-corrected chi connectivity index (χ1v) is 11.7. The minimum atomic E-state index is -5.31. The third kappa shape index (κ3) is 5.56. The van der Waals surface area contributed by atoms with Crippen LogP contribution in [0, 0.1) is 0 Å². The van der Waals surface area contributed by atoms with Gasteiger partial charge in [0, 0.05) is 5.56 Å². The maximum absolute atomic E-state index is 13.9. The number of benzene rings is 3. The summed E-state index contributed by atoms with van der Waals surface area (Å²) in [5.74, 6) is -0.268. The summed E-state index contributed by atoms with van der Waals surface area (Å²) in [6, 6.07) is 10.9. The van der Waals surface area contributed by atoms with Gasteiger partial charge in [-0.2, -0.15) is 26.3 Å². The van der Waals surface area contributed by atoms with Crippen LogP contribution in [0.2, 0.25) is 0 Å². The molecule has 5 nitrogen and oxygen atoms in total. The molecule has 1 unspecified atom stereocenters. The molecule has 0 fully saturated rings. The minimum Gasteiger partial charge on any atom is -0.496 e. The first kappa shape index (κ1) is 28.0. The van der Waals surface area contributed by atoms with Gasteiger partial charge >= 0.3 is 12.4 Å². The van der Waals surface area contributed by atoms with E-state index in [2.05, 4.69) is 0 Å². The molecule has 37 heavy (non-hydrogen) atoms. The summed E-state index contributed by atoms with van der Waals surface area (Å²) >= 11 is 0. The van der Waals surface area contributed by atoms with Crippen molar-refractivity contribution in [2.75, 3.05) is 21.3 Å². The zero-order valence-electron chi connectivity index (χ0n) is 19.5. The molecule has 0 bridgehead atoms. The Labute approximate surface area is 208 Å². The molecule has 1 atom stereocenters. The van der Waals surface area contributed by atoms with E-state index in [0.717, 1.165) is 0 Å². The molecule has 0 N–H and O–H groups in total. The zero-order valence-corrected chi connectivity index (χ0v) is 20.4. The first-order chi connectivity index (χ1) is 17.4. The molecule has 196 valence electrons. The van der Waals surface area contributed by atoms with Crippen LogP contribution in [0.3, 0.4) is 0 Å². The predicted molar refractivity (Wildman–Crippen MR) is 124 cm³/mol. The van der Waals surface area contributed by atoms with Crippen molar-refractivity contribution >= 4 is 24.3 Å². The van der Waals surface area contributed by atoms with E-state index in [-0.39, 0.29) is 28.1 Å². The highest BCUT2D eigenvalue weighted by atomic mass is 31.1. The zero-order chi connectivity index (χ0) is 27.5. The molecule has 0 heterocycles. The Morgan fingerprint density at radius 2 is 1.11 bits per heavy atom. The van der Waals surface area contributed by atoms with Gasteiger partial charge in [0.2, 0.25) is 5.52 Å². The van der Waals surface area contributed by atoms with Gasteiger partial charge in [0.1, 0.15) is 11.3 Å². The Bertz CT molecular complexity index is 1270. The number of rotatable bonds is 8. The molecule has 3 rings (SSSR count). The number of alkyl halides is 6.